The Labute approximate surface area is 133 Å². The largest absolute Gasteiger partial charge is 0.490 e. The van der Waals surface area contributed by atoms with Crippen molar-refractivity contribution in [3.8, 4) is 5.75 Å². The van der Waals surface area contributed by atoms with Crippen LogP contribution >= 0.6 is 0 Å². The number of hydrogen-bond donors (Lipinski definition) is 1. The van der Waals surface area contributed by atoms with Gasteiger partial charge in [0, 0.05) is 12.5 Å². The zero-order valence-corrected chi connectivity index (χ0v) is 12.5. The molecule has 0 radical (unpaired) electrons. The fourth-order valence-electron chi connectivity index (χ4n) is 2.91. The topological polar surface area (TPSA) is 21.3 Å². The molecule has 1 N–H and O–H groups in total. The minimum absolute atomic E-state index is 0.0459. The second-order valence-electron chi connectivity index (χ2n) is 5.69. The summed E-state index contributed by atoms with van der Waals surface area (Å²) in [5.74, 6) is 0.665. The van der Waals surface area contributed by atoms with E-state index in [-0.39, 0.29) is 12.0 Å². The molecule has 0 saturated carbocycles. The van der Waals surface area contributed by atoms with E-state index in [0.717, 1.165) is 31.6 Å². The predicted octanol–water partition coefficient (Wildman–Crippen LogP) is 4.23. The molecular weight excluding hydrogens is 303 g/mol. The lowest BCUT2D eigenvalue weighted by molar-refractivity contribution is -0.137. The first kappa shape index (κ1) is 15.9. The van der Waals surface area contributed by atoms with Gasteiger partial charge in [-0.25, -0.2) is 0 Å². The summed E-state index contributed by atoms with van der Waals surface area (Å²) in [5, 5.41) is 3.35. The molecule has 2 aromatic rings. The van der Waals surface area contributed by atoms with Crippen LogP contribution in [0.5, 0.6) is 5.75 Å². The maximum atomic E-state index is 12.6. The lowest BCUT2D eigenvalue weighted by Gasteiger charge is -2.33. The molecule has 2 aromatic carbocycles. The second kappa shape index (κ2) is 6.62. The molecule has 0 spiro atoms. The van der Waals surface area contributed by atoms with E-state index in [1.807, 2.05) is 18.2 Å². The van der Waals surface area contributed by atoms with Gasteiger partial charge < -0.3 is 10.1 Å². The van der Waals surface area contributed by atoms with Crippen LogP contribution in [0.25, 0.3) is 0 Å². The van der Waals surface area contributed by atoms with Crippen molar-refractivity contribution >= 4 is 0 Å². The van der Waals surface area contributed by atoms with Crippen molar-refractivity contribution < 1.29 is 17.9 Å². The van der Waals surface area contributed by atoms with Crippen molar-refractivity contribution in [2.24, 2.45) is 0 Å². The molecule has 3 rings (SSSR count). The molecule has 0 aliphatic carbocycles. The fraction of sp³-hybridized carbons (Fsp3) is 0.333. The van der Waals surface area contributed by atoms with Gasteiger partial charge in [0.25, 0.3) is 0 Å². The zero-order valence-electron chi connectivity index (χ0n) is 12.5. The summed E-state index contributed by atoms with van der Waals surface area (Å²) in [5.41, 5.74) is 0.520. The molecule has 5 heteroatoms. The van der Waals surface area contributed by atoms with Crippen molar-refractivity contribution in [2.45, 2.75) is 24.6 Å². The average Bonchev–Trinajstić information content (AvgIpc) is 2.56. The van der Waals surface area contributed by atoms with E-state index in [1.54, 1.807) is 0 Å². The highest BCUT2D eigenvalue weighted by molar-refractivity contribution is 5.30. The monoisotopic (exact) mass is 321 g/mol. The van der Waals surface area contributed by atoms with Crippen LogP contribution in [0.4, 0.5) is 13.2 Å². The maximum absolute atomic E-state index is 12.6. The van der Waals surface area contributed by atoms with E-state index in [4.69, 9.17) is 4.74 Å². The molecule has 1 heterocycles. The van der Waals surface area contributed by atoms with Crippen molar-refractivity contribution in [1.29, 1.82) is 0 Å². The second-order valence-corrected chi connectivity index (χ2v) is 5.69. The van der Waals surface area contributed by atoms with Gasteiger partial charge in [0.15, 0.2) is 0 Å². The Bertz CT molecular complexity index is 625. The van der Waals surface area contributed by atoms with Gasteiger partial charge in [0.1, 0.15) is 11.9 Å². The highest BCUT2D eigenvalue weighted by Gasteiger charge is 2.31. The van der Waals surface area contributed by atoms with Crippen LogP contribution in [0, 0.1) is 0 Å². The molecular formula is C18H18F3NO. The average molecular weight is 321 g/mol. The minimum Gasteiger partial charge on any atom is -0.490 e. The molecule has 2 atom stereocenters. The van der Waals surface area contributed by atoms with Crippen LogP contribution < -0.4 is 10.1 Å². The quantitative estimate of drug-likeness (QED) is 0.913. The van der Waals surface area contributed by atoms with Gasteiger partial charge in [-0.05, 0) is 42.8 Å². The Morgan fingerprint density at radius 2 is 1.65 bits per heavy atom. The summed E-state index contributed by atoms with van der Waals surface area (Å²) in [4.78, 5) is 0. The van der Waals surface area contributed by atoms with Crippen LogP contribution in [0.3, 0.4) is 0 Å². The summed E-state index contributed by atoms with van der Waals surface area (Å²) < 4.78 is 43.8. The molecule has 0 bridgehead atoms. The Kier molecular flexibility index (Phi) is 4.57. The first-order chi connectivity index (χ1) is 11.0. The molecule has 0 amide bonds. The highest BCUT2D eigenvalue weighted by Crippen LogP contribution is 2.32. The minimum atomic E-state index is -4.32. The van der Waals surface area contributed by atoms with Gasteiger partial charge >= 0.3 is 6.18 Å². The molecule has 23 heavy (non-hydrogen) atoms. The van der Waals surface area contributed by atoms with E-state index in [0.29, 0.717) is 5.75 Å². The van der Waals surface area contributed by atoms with Gasteiger partial charge in [-0.3, -0.25) is 0 Å². The van der Waals surface area contributed by atoms with Crippen molar-refractivity contribution in [3.63, 3.8) is 0 Å². The molecule has 1 saturated heterocycles. The van der Waals surface area contributed by atoms with Crippen LogP contribution in [0.1, 0.15) is 23.5 Å². The number of piperidine rings is 1. The molecule has 1 fully saturated rings. The normalized spacial score (nSPS) is 21.9. The van der Waals surface area contributed by atoms with Gasteiger partial charge in [0.05, 0.1) is 5.56 Å². The number of ether oxygens (including phenoxy) is 1. The Morgan fingerprint density at radius 1 is 0.957 bits per heavy atom. The lowest BCUT2D eigenvalue weighted by Crippen LogP contribution is -2.41. The van der Waals surface area contributed by atoms with Crippen molar-refractivity contribution in [1.82, 2.24) is 5.32 Å². The summed E-state index contributed by atoms with van der Waals surface area (Å²) in [6.07, 6.45) is -3.55. The standard InChI is InChI=1S/C18H18F3NO/c19-18(20,21)14-6-8-15(9-7-14)23-17-10-11-22-12-16(17)13-4-2-1-3-5-13/h1-9,16-17,22H,10-12H2/t16-,17-/m0/s1. The molecule has 2 nitrogen and oxygen atoms in total. The summed E-state index contributed by atoms with van der Waals surface area (Å²) in [7, 11) is 0. The summed E-state index contributed by atoms with van der Waals surface area (Å²) in [6.45, 7) is 1.64. The highest BCUT2D eigenvalue weighted by atomic mass is 19.4. The fourth-order valence-corrected chi connectivity index (χ4v) is 2.91. The van der Waals surface area contributed by atoms with Crippen LogP contribution in [-0.4, -0.2) is 19.2 Å². The van der Waals surface area contributed by atoms with Gasteiger partial charge in [0.2, 0.25) is 0 Å². The first-order valence-corrected chi connectivity index (χ1v) is 7.63. The van der Waals surface area contributed by atoms with Gasteiger partial charge in [-0.15, -0.1) is 0 Å². The number of benzene rings is 2. The molecule has 0 aromatic heterocycles. The molecule has 1 aliphatic rings. The third kappa shape index (κ3) is 3.85. The summed E-state index contributed by atoms with van der Waals surface area (Å²) in [6, 6.07) is 15.0. The Balaban J connectivity index is 1.75. The Morgan fingerprint density at radius 3 is 2.30 bits per heavy atom. The van der Waals surface area contributed by atoms with Gasteiger partial charge in [-0.1, -0.05) is 30.3 Å². The number of halogens is 3. The Hall–Kier alpha value is -2.01. The number of alkyl halides is 3. The molecule has 122 valence electrons. The molecule has 1 aliphatic heterocycles. The number of rotatable bonds is 3. The zero-order chi connectivity index (χ0) is 16.3. The predicted molar refractivity (Wildman–Crippen MR) is 82.5 cm³/mol. The van der Waals surface area contributed by atoms with Crippen LogP contribution in [0.15, 0.2) is 54.6 Å². The van der Waals surface area contributed by atoms with Gasteiger partial charge in [-0.2, -0.15) is 13.2 Å². The SMILES string of the molecule is FC(F)(F)c1ccc(O[C@H]2CCNC[C@H]2c2ccccc2)cc1. The molecule has 0 unspecified atom stereocenters. The van der Waals surface area contributed by atoms with Crippen molar-refractivity contribution in [3.05, 3.63) is 65.7 Å². The van der Waals surface area contributed by atoms with E-state index < -0.39 is 11.7 Å². The van der Waals surface area contributed by atoms with Crippen molar-refractivity contribution in [2.75, 3.05) is 13.1 Å². The third-order valence-electron chi connectivity index (χ3n) is 4.12. The number of hydrogen-bond acceptors (Lipinski definition) is 2. The van der Waals surface area contributed by atoms with E-state index >= 15 is 0 Å². The van der Waals surface area contributed by atoms with E-state index in [9.17, 15) is 13.2 Å². The van der Waals surface area contributed by atoms with E-state index in [2.05, 4.69) is 17.4 Å². The van der Waals surface area contributed by atoms with E-state index in [1.165, 1.54) is 17.7 Å². The smallest absolute Gasteiger partial charge is 0.416 e. The maximum Gasteiger partial charge on any atom is 0.416 e. The number of nitrogens with one attached hydrogen (secondary N) is 1. The third-order valence-corrected chi connectivity index (χ3v) is 4.12. The van der Waals surface area contributed by atoms with Crippen LogP contribution in [0.2, 0.25) is 0 Å². The van der Waals surface area contributed by atoms with Crippen LogP contribution in [-0.2, 0) is 6.18 Å². The lowest BCUT2D eigenvalue weighted by atomic mass is 9.89. The first-order valence-electron chi connectivity index (χ1n) is 7.63. The summed E-state index contributed by atoms with van der Waals surface area (Å²) >= 11 is 0.